The molecule has 4 N–H and O–H groups in total. The molecule has 0 bridgehead atoms. The number of amidine groups is 2. The maximum atomic E-state index is 12.2. The molecule has 2 aliphatic rings. The van der Waals surface area contributed by atoms with Crippen LogP contribution in [0.4, 0.5) is 0 Å². The molecule has 4 aromatic carbocycles. The molecule has 11 heteroatoms. The van der Waals surface area contributed by atoms with E-state index in [1.165, 1.54) is 0 Å². The quantitative estimate of drug-likeness (QED) is 0.124. The van der Waals surface area contributed by atoms with Crippen LogP contribution in [0.15, 0.2) is 93.2 Å². The van der Waals surface area contributed by atoms with Gasteiger partial charge in [0, 0.05) is 33.0 Å². The zero-order valence-corrected chi connectivity index (χ0v) is 23.8. The summed E-state index contributed by atoms with van der Waals surface area (Å²) in [6.07, 6.45) is 0. The van der Waals surface area contributed by atoms with Gasteiger partial charge in [-0.25, -0.2) is 0 Å². The van der Waals surface area contributed by atoms with E-state index in [0.29, 0.717) is 22.6 Å². The van der Waals surface area contributed by atoms with E-state index in [1.54, 1.807) is 12.1 Å². The van der Waals surface area contributed by atoms with Gasteiger partial charge in [-0.2, -0.15) is 10.2 Å². The summed E-state index contributed by atoms with van der Waals surface area (Å²) in [7, 11) is 0. The Bertz CT molecular complexity index is 1580. The van der Waals surface area contributed by atoms with Gasteiger partial charge in [-0.15, -0.1) is 10.2 Å². The number of Topliss-reactive ketones (excluding diaryl/α,β-unsaturated/α-hetero) is 2. The van der Waals surface area contributed by atoms with Crippen molar-refractivity contribution in [3.63, 3.8) is 0 Å². The van der Waals surface area contributed by atoms with E-state index in [4.69, 9.17) is 11.5 Å². The monoisotopic (exact) mass is 572 g/mol. The zero-order valence-electron chi connectivity index (χ0n) is 19.2. The minimum Gasteiger partial charge on any atom is -0.741 e. The van der Waals surface area contributed by atoms with Crippen LogP contribution in [0.25, 0.3) is 21.5 Å². The predicted octanol–water partition coefficient (Wildman–Crippen LogP) is 3.20. The third-order valence-electron chi connectivity index (χ3n) is 5.74. The fraction of sp³-hybridized carbons (Fsp3) is 0. The molecule has 37 heavy (non-hydrogen) atoms. The van der Waals surface area contributed by atoms with E-state index >= 15 is 0 Å². The maximum absolute atomic E-state index is 12.2. The number of nitrogens with two attached hydrogens (primary N) is 2. The molecule has 0 heterocycles. The van der Waals surface area contributed by atoms with Crippen molar-refractivity contribution in [2.45, 2.75) is 0 Å². The minimum absolute atomic E-state index is 0. The van der Waals surface area contributed by atoms with Crippen LogP contribution in [-0.4, -0.2) is 33.3 Å². The molecule has 0 unspecified atom stereocenters. The third-order valence-corrected chi connectivity index (χ3v) is 5.90. The van der Waals surface area contributed by atoms with E-state index in [0.717, 1.165) is 32.7 Å². The van der Waals surface area contributed by atoms with E-state index in [-0.39, 0.29) is 41.4 Å². The summed E-state index contributed by atoms with van der Waals surface area (Å²) in [5, 5.41) is 18.6. The van der Waals surface area contributed by atoms with Crippen LogP contribution in [0.3, 0.4) is 0 Å². The Kier molecular flexibility index (Phi) is 7.49. The second-order valence-electron chi connectivity index (χ2n) is 7.85. The molecular formula is C26H16N6O2S2Zn. The zero-order chi connectivity index (χ0) is 25.4. The Labute approximate surface area is 235 Å². The smallest absolute Gasteiger partial charge is 0.741 e. The van der Waals surface area contributed by atoms with Crippen molar-refractivity contribution < 1.29 is 29.1 Å². The number of benzene rings is 4. The second-order valence-corrected chi connectivity index (χ2v) is 8.69. The number of carbonyl (C=O) groups excluding carboxylic acids is 2. The van der Waals surface area contributed by atoms with E-state index in [2.05, 4.69) is 45.7 Å². The SMILES string of the molecule is N/C([S-])=N/N=C1/C(=O)c2cccc3cccc1c23.N/C([S-])=N/N=C1/C(=O)c2cccc3cccc1c23.[Zn+2]. The average molecular weight is 574 g/mol. The van der Waals surface area contributed by atoms with Crippen LogP contribution >= 0.6 is 0 Å². The molecule has 0 aromatic heterocycles. The minimum atomic E-state index is -0.137. The summed E-state index contributed by atoms with van der Waals surface area (Å²) in [6.45, 7) is 0. The molecule has 0 fully saturated rings. The summed E-state index contributed by atoms with van der Waals surface area (Å²) < 4.78 is 0. The summed E-state index contributed by atoms with van der Waals surface area (Å²) in [5.74, 6) is -0.274. The Hall–Kier alpha value is -3.92. The van der Waals surface area contributed by atoms with Crippen molar-refractivity contribution >= 4 is 80.1 Å². The Morgan fingerprint density at radius 3 is 1.22 bits per heavy atom. The van der Waals surface area contributed by atoms with Crippen molar-refractivity contribution in [1.29, 1.82) is 0 Å². The first kappa shape index (κ1) is 26.2. The molecule has 0 saturated heterocycles. The van der Waals surface area contributed by atoms with Crippen molar-refractivity contribution in [1.82, 2.24) is 0 Å². The number of hydrogen-bond acceptors (Lipinski definition) is 8. The van der Waals surface area contributed by atoms with Gasteiger partial charge in [0.2, 0.25) is 11.6 Å². The van der Waals surface area contributed by atoms with Gasteiger partial charge in [-0.3, -0.25) is 9.59 Å². The fourth-order valence-corrected chi connectivity index (χ4v) is 4.43. The molecule has 0 amide bonds. The largest absolute Gasteiger partial charge is 2.00 e. The summed E-state index contributed by atoms with van der Waals surface area (Å²) >= 11 is 9.26. The number of nitrogens with zero attached hydrogens (tertiary/aromatic N) is 4. The molecule has 0 aliphatic heterocycles. The second kappa shape index (κ2) is 10.6. The number of rotatable bonds is 2. The Morgan fingerprint density at radius 2 is 0.892 bits per heavy atom. The van der Waals surface area contributed by atoms with Gasteiger partial charge in [0.1, 0.15) is 11.4 Å². The standard InChI is InChI=1S/2C13H9N3OS.Zn/c2*14-13(18)16-15-11-8-5-1-3-7-4-2-6-9(10(7)8)12(11)17;/h2*1-6H,(H3,14,16,18);/q;;+2/p-2/b2*15-11+;. The first-order valence-corrected chi connectivity index (χ1v) is 11.5. The third kappa shape index (κ3) is 4.76. The van der Waals surface area contributed by atoms with Crippen molar-refractivity contribution in [3.05, 3.63) is 95.1 Å². The molecule has 176 valence electrons. The molecule has 0 radical (unpaired) electrons. The number of carbonyl (C=O) groups is 2. The number of ketones is 2. The van der Waals surface area contributed by atoms with E-state index in [9.17, 15) is 9.59 Å². The summed E-state index contributed by atoms with van der Waals surface area (Å²) in [4.78, 5) is 24.4. The summed E-state index contributed by atoms with van der Waals surface area (Å²) in [6, 6.07) is 22.6. The van der Waals surface area contributed by atoms with Crippen LogP contribution in [0.5, 0.6) is 0 Å². The maximum Gasteiger partial charge on any atom is 2.00 e. The molecular weight excluding hydrogens is 558 g/mol. The van der Waals surface area contributed by atoms with Crippen molar-refractivity contribution in [3.8, 4) is 0 Å². The van der Waals surface area contributed by atoms with Gasteiger partial charge in [-0.05, 0) is 21.1 Å². The Morgan fingerprint density at radius 1 is 0.568 bits per heavy atom. The fourth-order valence-electron chi connectivity index (χ4n) is 4.35. The van der Waals surface area contributed by atoms with E-state index in [1.807, 2.05) is 60.7 Å². The van der Waals surface area contributed by atoms with Crippen LogP contribution in [0, 0.1) is 0 Å². The van der Waals surface area contributed by atoms with Gasteiger partial charge >= 0.3 is 19.5 Å². The molecule has 4 aromatic rings. The first-order valence-electron chi connectivity index (χ1n) is 10.7. The number of hydrogen-bond donors (Lipinski definition) is 2. The molecule has 8 nitrogen and oxygen atoms in total. The molecule has 0 spiro atoms. The average Bonchev–Trinajstić information content (AvgIpc) is 3.30. The van der Waals surface area contributed by atoms with E-state index < -0.39 is 0 Å². The topological polar surface area (TPSA) is 136 Å². The van der Waals surface area contributed by atoms with Crippen molar-refractivity contribution in [2.75, 3.05) is 0 Å². The molecule has 6 rings (SSSR count). The molecule has 0 saturated carbocycles. The summed E-state index contributed by atoms with van der Waals surface area (Å²) in [5.41, 5.74) is 14.0. The first-order chi connectivity index (χ1) is 17.4. The predicted molar refractivity (Wildman–Crippen MR) is 148 cm³/mol. The van der Waals surface area contributed by atoms with Crippen molar-refractivity contribution in [2.24, 2.45) is 31.9 Å². The Balaban J connectivity index is 0.000000168. The van der Waals surface area contributed by atoms with Crippen LogP contribution in [0.1, 0.15) is 31.8 Å². The van der Waals surface area contributed by atoms with Crippen LogP contribution in [0.2, 0.25) is 0 Å². The normalized spacial score (nSPS) is 16.3. The molecule has 0 atom stereocenters. The molecule has 2 aliphatic carbocycles. The van der Waals surface area contributed by atoms with Gasteiger partial charge < -0.3 is 36.7 Å². The van der Waals surface area contributed by atoms with Gasteiger partial charge in [-0.1, -0.05) is 72.8 Å². The van der Waals surface area contributed by atoms with Gasteiger partial charge in [0.15, 0.2) is 0 Å². The van der Waals surface area contributed by atoms with Crippen LogP contribution in [-0.2, 0) is 44.7 Å². The van der Waals surface area contributed by atoms with Gasteiger partial charge in [0.25, 0.3) is 0 Å². The van der Waals surface area contributed by atoms with Gasteiger partial charge in [0.05, 0.1) is 0 Å². The van der Waals surface area contributed by atoms with Crippen LogP contribution < -0.4 is 11.5 Å².